The summed E-state index contributed by atoms with van der Waals surface area (Å²) in [5.74, 6) is 1.56. The van der Waals surface area contributed by atoms with Crippen LogP contribution in [-0.4, -0.2) is 22.4 Å². The zero-order valence-corrected chi connectivity index (χ0v) is 17.3. The van der Waals surface area contributed by atoms with Crippen LogP contribution >= 0.6 is 15.9 Å². The summed E-state index contributed by atoms with van der Waals surface area (Å²) >= 11 is 3.59. The third-order valence-corrected chi connectivity index (χ3v) is 8.71. The molecule has 3 aliphatic carbocycles. The van der Waals surface area contributed by atoms with Gasteiger partial charge >= 0.3 is 0 Å². The molecule has 2 nitrogen and oxygen atoms in total. The normalized spacial score (nSPS) is 46.0. The van der Waals surface area contributed by atoms with E-state index in [2.05, 4.69) is 48.6 Å². The molecule has 0 bridgehead atoms. The Balaban J connectivity index is 1.77. The minimum absolute atomic E-state index is 0.0485. The van der Waals surface area contributed by atoms with Gasteiger partial charge in [0.05, 0.1) is 12.2 Å². The van der Waals surface area contributed by atoms with Crippen LogP contribution in [0, 0.1) is 34.5 Å². The van der Waals surface area contributed by atoms with Gasteiger partial charge in [-0.25, -0.2) is 0 Å². The average Bonchev–Trinajstić information content (AvgIpc) is 3.02. The Hall–Kier alpha value is 0.140. The molecular formula is C21H35BrO2. The number of hydrogen-bond donors (Lipinski definition) is 2. The Labute approximate surface area is 156 Å². The summed E-state index contributed by atoms with van der Waals surface area (Å²) in [7, 11) is 0. The minimum atomic E-state index is -0.374. The maximum absolute atomic E-state index is 11.1. The number of rotatable bonds is 3. The van der Waals surface area contributed by atoms with E-state index in [4.69, 9.17) is 0 Å². The third kappa shape index (κ3) is 2.93. The first-order chi connectivity index (χ1) is 11.2. The van der Waals surface area contributed by atoms with Crippen molar-refractivity contribution in [2.45, 2.75) is 84.8 Å². The van der Waals surface area contributed by atoms with Gasteiger partial charge in [0, 0.05) is 5.92 Å². The minimum Gasteiger partial charge on any atom is -0.392 e. The molecule has 0 aromatic heterocycles. The summed E-state index contributed by atoms with van der Waals surface area (Å²) in [5, 5.41) is 21.8. The molecule has 0 aromatic carbocycles. The molecule has 0 aliphatic heterocycles. The van der Waals surface area contributed by atoms with Gasteiger partial charge < -0.3 is 10.2 Å². The summed E-state index contributed by atoms with van der Waals surface area (Å²) in [6, 6.07) is 0. The molecule has 5 unspecified atom stereocenters. The smallest absolute Gasteiger partial charge is 0.0644 e. The fourth-order valence-corrected chi connectivity index (χ4v) is 7.03. The van der Waals surface area contributed by atoms with Crippen LogP contribution in [-0.2, 0) is 0 Å². The van der Waals surface area contributed by atoms with Crippen molar-refractivity contribution >= 4 is 15.9 Å². The Morgan fingerprint density at radius 1 is 1.17 bits per heavy atom. The van der Waals surface area contributed by atoms with E-state index in [1.807, 2.05) is 0 Å². The van der Waals surface area contributed by atoms with E-state index < -0.39 is 0 Å². The van der Waals surface area contributed by atoms with Crippen molar-refractivity contribution in [3.8, 4) is 0 Å². The molecule has 7 atom stereocenters. The average molecular weight is 399 g/mol. The SMILES string of the molecule is C[C@H](C(O)C1CCC(C)(C)C1O)C1CCC2/C(=C/Br)CCC[C@@]21C. The lowest BCUT2D eigenvalue weighted by atomic mass is 9.60. The van der Waals surface area contributed by atoms with Crippen LogP contribution in [0.2, 0.25) is 0 Å². The van der Waals surface area contributed by atoms with Crippen molar-refractivity contribution in [1.29, 1.82) is 0 Å². The maximum Gasteiger partial charge on any atom is 0.0644 e. The van der Waals surface area contributed by atoms with Crippen LogP contribution in [0.25, 0.3) is 0 Å². The highest BCUT2D eigenvalue weighted by molar-refractivity contribution is 9.11. The first-order valence-electron chi connectivity index (χ1n) is 9.87. The predicted octanol–water partition coefficient (Wildman–Crippen LogP) is 5.28. The van der Waals surface area contributed by atoms with E-state index >= 15 is 0 Å². The van der Waals surface area contributed by atoms with E-state index in [0.29, 0.717) is 17.3 Å². The van der Waals surface area contributed by atoms with Crippen molar-refractivity contribution in [2.75, 3.05) is 0 Å². The van der Waals surface area contributed by atoms with Crippen LogP contribution in [0.3, 0.4) is 0 Å². The van der Waals surface area contributed by atoms with Gasteiger partial charge in [-0.15, -0.1) is 0 Å². The molecular weight excluding hydrogens is 364 g/mol. The molecule has 3 fully saturated rings. The number of halogens is 1. The highest BCUT2D eigenvalue weighted by Crippen LogP contribution is 2.60. The maximum atomic E-state index is 11.1. The van der Waals surface area contributed by atoms with Crippen molar-refractivity contribution in [1.82, 2.24) is 0 Å². The van der Waals surface area contributed by atoms with Crippen LogP contribution in [0.15, 0.2) is 10.6 Å². The zero-order valence-electron chi connectivity index (χ0n) is 15.8. The number of hydrogen-bond acceptors (Lipinski definition) is 2. The largest absolute Gasteiger partial charge is 0.392 e. The molecule has 2 N–H and O–H groups in total. The molecule has 0 heterocycles. The standard InChI is InChI=1S/C21H35BrO2/c1-13(18(23)15-9-11-20(2,3)19(15)24)16-7-8-17-14(12-22)6-5-10-21(16,17)4/h12-13,15-19,23-24H,5-11H2,1-4H3/b14-12+/t13-,15?,16?,17?,18?,19?,21+/m0/s1. The van der Waals surface area contributed by atoms with E-state index in [1.54, 1.807) is 5.57 Å². The number of aliphatic hydroxyl groups is 2. The summed E-state index contributed by atoms with van der Waals surface area (Å²) in [6.07, 6.45) is 7.48. The molecule has 24 heavy (non-hydrogen) atoms. The van der Waals surface area contributed by atoms with Gasteiger partial charge in [-0.1, -0.05) is 49.2 Å². The topological polar surface area (TPSA) is 40.5 Å². The van der Waals surface area contributed by atoms with Crippen molar-refractivity contribution in [3.63, 3.8) is 0 Å². The molecule has 138 valence electrons. The van der Waals surface area contributed by atoms with Gasteiger partial charge in [0.15, 0.2) is 0 Å². The third-order valence-electron chi connectivity index (χ3n) is 8.12. The van der Waals surface area contributed by atoms with Crippen molar-refractivity contribution < 1.29 is 10.2 Å². The quantitative estimate of drug-likeness (QED) is 0.678. The van der Waals surface area contributed by atoms with E-state index in [0.717, 1.165) is 12.8 Å². The van der Waals surface area contributed by atoms with Crippen LogP contribution < -0.4 is 0 Å². The summed E-state index contributed by atoms with van der Waals surface area (Å²) in [6.45, 7) is 8.97. The molecule has 3 aliphatic rings. The number of fused-ring (bicyclic) bond motifs is 1. The van der Waals surface area contributed by atoms with Gasteiger partial charge in [-0.3, -0.25) is 0 Å². The number of aliphatic hydroxyl groups excluding tert-OH is 2. The Bertz CT molecular complexity index is 500. The van der Waals surface area contributed by atoms with E-state index in [1.165, 1.54) is 32.1 Å². The molecule has 0 spiro atoms. The predicted molar refractivity (Wildman–Crippen MR) is 103 cm³/mol. The van der Waals surface area contributed by atoms with Gasteiger partial charge in [0.2, 0.25) is 0 Å². The number of allylic oxidation sites excluding steroid dienone is 1. The van der Waals surface area contributed by atoms with E-state index in [9.17, 15) is 10.2 Å². The lowest BCUT2D eigenvalue weighted by Gasteiger charge is -2.46. The second-order valence-corrected chi connectivity index (χ2v) is 10.2. The summed E-state index contributed by atoms with van der Waals surface area (Å²) < 4.78 is 0. The second-order valence-electron chi connectivity index (χ2n) is 9.77. The van der Waals surface area contributed by atoms with Crippen LogP contribution in [0.5, 0.6) is 0 Å². The molecule has 0 radical (unpaired) electrons. The fourth-order valence-electron chi connectivity index (χ4n) is 6.48. The summed E-state index contributed by atoms with van der Waals surface area (Å²) in [4.78, 5) is 2.17. The van der Waals surface area contributed by atoms with Crippen molar-refractivity contribution in [3.05, 3.63) is 10.6 Å². The highest BCUT2D eigenvalue weighted by Gasteiger charge is 2.54. The molecule has 0 amide bonds. The highest BCUT2D eigenvalue weighted by atomic mass is 79.9. The molecule has 0 saturated heterocycles. The second kappa shape index (κ2) is 6.70. The van der Waals surface area contributed by atoms with Gasteiger partial charge in [0.1, 0.15) is 0 Å². The van der Waals surface area contributed by atoms with Crippen LogP contribution in [0.4, 0.5) is 0 Å². The van der Waals surface area contributed by atoms with Gasteiger partial charge in [-0.2, -0.15) is 0 Å². The monoisotopic (exact) mass is 398 g/mol. The fraction of sp³-hybridized carbons (Fsp3) is 0.905. The lowest BCUT2D eigenvalue weighted by molar-refractivity contribution is -0.0568. The Morgan fingerprint density at radius 3 is 2.46 bits per heavy atom. The Kier molecular flexibility index (Phi) is 5.28. The molecule has 0 aromatic rings. The van der Waals surface area contributed by atoms with Gasteiger partial charge in [-0.05, 0) is 78.5 Å². The molecule has 3 saturated carbocycles. The van der Waals surface area contributed by atoms with Crippen LogP contribution in [0.1, 0.15) is 72.6 Å². The summed E-state index contributed by atoms with van der Waals surface area (Å²) in [5.41, 5.74) is 1.84. The van der Waals surface area contributed by atoms with Crippen molar-refractivity contribution in [2.24, 2.45) is 34.5 Å². The first-order valence-corrected chi connectivity index (χ1v) is 10.8. The first kappa shape index (κ1) is 18.9. The molecule has 3 rings (SSSR count). The van der Waals surface area contributed by atoms with Gasteiger partial charge in [0.25, 0.3) is 0 Å². The lowest BCUT2D eigenvalue weighted by Crippen LogP contribution is -2.44. The van der Waals surface area contributed by atoms with E-state index in [-0.39, 0.29) is 29.5 Å². The zero-order chi connectivity index (χ0) is 17.7. The Morgan fingerprint density at radius 2 is 1.88 bits per heavy atom. The molecule has 3 heteroatoms.